The van der Waals surface area contributed by atoms with Crippen molar-refractivity contribution in [2.75, 3.05) is 0 Å². The molecule has 0 aromatic rings. The van der Waals surface area contributed by atoms with Crippen molar-refractivity contribution in [2.45, 2.75) is 116 Å². The molecule has 19 heavy (non-hydrogen) atoms. The molecule has 0 heterocycles. The molecule has 0 aliphatic rings. The third-order valence-electron chi connectivity index (χ3n) is 4.35. The Morgan fingerprint density at radius 2 is 0.842 bits per heavy atom. The highest BCUT2D eigenvalue weighted by molar-refractivity contribution is 6.11. The van der Waals surface area contributed by atoms with Crippen LogP contribution in [0.4, 0.5) is 0 Å². The van der Waals surface area contributed by atoms with Crippen molar-refractivity contribution in [1.82, 2.24) is 0 Å². The molecule has 0 fully saturated rings. The van der Waals surface area contributed by atoms with Gasteiger partial charge in [-0.15, -0.1) is 0 Å². The summed E-state index contributed by atoms with van der Waals surface area (Å²) < 4.78 is 0. The quantitative estimate of drug-likeness (QED) is 0.254. The maximum atomic E-state index is 2.30. The van der Waals surface area contributed by atoms with Gasteiger partial charge in [0.25, 0.3) is 0 Å². The van der Waals surface area contributed by atoms with E-state index >= 15 is 0 Å². The minimum atomic E-state index is 1.11. The van der Waals surface area contributed by atoms with Crippen molar-refractivity contribution in [3.05, 3.63) is 0 Å². The monoisotopic (exact) mass is 284 g/mol. The van der Waals surface area contributed by atoms with E-state index in [-0.39, 0.29) is 0 Å². The lowest BCUT2D eigenvalue weighted by atomic mass is 10.0. The van der Waals surface area contributed by atoms with Gasteiger partial charge in [-0.25, -0.2) is 0 Å². The first-order valence-electron chi connectivity index (χ1n) is 9.31. The molecule has 0 bridgehead atoms. The molecular weight excluding hydrogens is 244 g/mol. The van der Waals surface area contributed by atoms with Crippen LogP contribution in [-0.2, 0) is 0 Å². The van der Waals surface area contributed by atoms with E-state index in [0.29, 0.717) is 0 Å². The lowest BCUT2D eigenvalue weighted by Gasteiger charge is -2.10. The number of unbranched alkanes of at least 4 members (excludes halogenated alkanes) is 11. The zero-order chi connectivity index (χ0) is 14.2. The van der Waals surface area contributed by atoms with Gasteiger partial charge in [0.2, 0.25) is 0 Å². The highest BCUT2D eigenvalue weighted by Crippen LogP contribution is 2.20. The predicted octanol–water partition coefficient (Wildman–Crippen LogP) is 6.03. The highest BCUT2D eigenvalue weighted by atomic mass is 28.1. The molecule has 0 amide bonds. The summed E-state index contributed by atoms with van der Waals surface area (Å²) in [6.07, 6.45) is 22.1. The van der Waals surface area contributed by atoms with E-state index in [0.717, 1.165) is 5.54 Å². The molecule has 0 spiro atoms. The van der Waals surface area contributed by atoms with Crippen LogP contribution in [-0.4, -0.2) is 10.2 Å². The summed E-state index contributed by atoms with van der Waals surface area (Å²) in [6, 6.07) is 0. The summed E-state index contributed by atoms with van der Waals surface area (Å²) in [5.74, 6) is 0. The smallest absolute Gasteiger partial charge is 0.00672 e. The Hall–Kier alpha value is 0.217. The van der Waals surface area contributed by atoms with Gasteiger partial charge >= 0.3 is 0 Å². The molecule has 0 N–H and O–H groups in total. The lowest BCUT2D eigenvalue weighted by Crippen LogP contribution is -1.93. The standard InChI is InChI=1S/C18H40Si/c1-3-5-7-9-10-11-13-15-17-18(19)16-14-12-8-6-4-2/h18H,3-17H2,1-2,19H3. The summed E-state index contributed by atoms with van der Waals surface area (Å²) in [5.41, 5.74) is 1.11. The van der Waals surface area contributed by atoms with Gasteiger partial charge in [-0.3, -0.25) is 0 Å². The Morgan fingerprint density at radius 1 is 0.526 bits per heavy atom. The van der Waals surface area contributed by atoms with E-state index in [2.05, 4.69) is 13.8 Å². The van der Waals surface area contributed by atoms with Crippen LogP contribution in [0.1, 0.15) is 110 Å². The summed E-state index contributed by atoms with van der Waals surface area (Å²) in [5, 5.41) is 0. The minimum absolute atomic E-state index is 1.11. The first-order chi connectivity index (χ1) is 9.31. The molecule has 0 aromatic heterocycles. The van der Waals surface area contributed by atoms with Gasteiger partial charge < -0.3 is 0 Å². The van der Waals surface area contributed by atoms with Crippen LogP contribution in [0.5, 0.6) is 0 Å². The molecule has 0 rings (SSSR count). The van der Waals surface area contributed by atoms with Gasteiger partial charge in [0.05, 0.1) is 0 Å². The summed E-state index contributed by atoms with van der Waals surface area (Å²) in [4.78, 5) is 0. The van der Waals surface area contributed by atoms with Crippen molar-refractivity contribution in [2.24, 2.45) is 0 Å². The Kier molecular flexibility index (Phi) is 16.5. The Labute approximate surface area is 126 Å². The fourth-order valence-corrected chi connectivity index (χ4v) is 3.68. The van der Waals surface area contributed by atoms with Gasteiger partial charge in [-0.1, -0.05) is 116 Å². The molecule has 0 radical (unpaired) electrons. The van der Waals surface area contributed by atoms with Gasteiger partial charge in [0.1, 0.15) is 0 Å². The van der Waals surface area contributed by atoms with E-state index in [1.807, 2.05) is 0 Å². The first-order valence-corrected chi connectivity index (χ1v) is 10.5. The molecule has 1 atom stereocenters. The van der Waals surface area contributed by atoms with Gasteiger partial charge in [0.15, 0.2) is 0 Å². The topological polar surface area (TPSA) is 0 Å². The van der Waals surface area contributed by atoms with Crippen LogP contribution in [0, 0.1) is 0 Å². The summed E-state index contributed by atoms with van der Waals surface area (Å²) in [6.45, 7) is 4.60. The molecule has 0 aliphatic carbocycles. The second-order valence-electron chi connectivity index (χ2n) is 6.57. The van der Waals surface area contributed by atoms with Crippen molar-refractivity contribution in [1.29, 1.82) is 0 Å². The predicted molar refractivity (Wildman–Crippen MR) is 94.3 cm³/mol. The number of rotatable bonds is 15. The zero-order valence-electron chi connectivity index (χ0n) is 14.2. The van der Waals surface area contributed by atoms with Crippen LogP contribution in [0.3, 0.4) is 0 Å². The first kappa shape index (κ1) is 19.2. The summed E-state index contributed by atoms with van der Waals surface area (Å²) >= 11 is 0. The second kappa shape index (κ2) is 16.3. The Bertz CT molecular complexity index is 156. The maximum absolute atomic E-state index is 2.30. The molecule has 0 saturated carbocycles. The average Bonchev–Trinajstić information content (AvgIpc) is 2.41. The van der Waals surface area contributed by atoms with Crippen LogP contribution < -0.4 is 0 Å². The fraction of sp³-hybridized carbons (Fsp3) is 1.00. The second-order valence-corrected chi connectivity index (χ2v) is 8.20. The zero-order valence-corrected chi connectivity index (χ0v) is 16.2. The largest absolute Gasteiger partial charge is 0.0654 e. The molecule has 1 heteroatoms. The molecule has 0 aromatic carbocycles. The lowest BCUT2D eigenvalue weighted by molar-refractivity contribution is 0.531. The van der Waals surface area contributed by atoms with Gasteiger partial charge in [-0.2, -0.15) is 0 Å². The average molecular weight is 285 g/mol. The molecule has 1 unspecified atom stereocenters. The third kappa shape index (κ3) is 16.2. The summed E-state index contributed by atoms with van der Waals surface area (Å²) in [7, 11) is 1.43. The minimum Gasteiger partial charge on any atom is -0.0654 e. The molecule has 0 saturated heterocycles. The van der Waals surface area contributed by atoms with Crippen molar-refractivity contribution in [3.63, 3.8) is 0 Å². The molecular formula is C18H40Si. The highest BCUT2D eigenvalue weighted by Gasteiger charge is 2.01. The van der Waals surface area contributed by atoms with E-state index in [4.69, 9.17) is 0 Å². The van der Waals surface area contributed by atoms with Crippen molar-refractivity contribution in [3.8, 4) is 0 Å². The van der Waals surface area contributed by atoms with Crippen molar-refractivity contribution < 1.29 is 0 Å². The van der Waals surface area contributed by atoms with Crippen LogP contribution in [0.25, 0.3) is 0 Å². The SMILES string of the molecule is CCCCCCCCCCC([SiH3])CCCCCCC. The molecule has 0 nitrogen and oxygen atoms in total. The molecule has 116 valence electrons. The van der Waals surface area contributed by atoms with Crippen LogP contribution in [0.15, 0.2) is 0 Å². The molecule has 0 aliphatic heterocycles. The van der Waals surface area contributed by atoms with Crippen LogP contribution >= 0.6 is 0 Å². The number of hydrogen-bond donors (Lipinski definition) is 0. The number of hydrogen-bond acceptors (Lipinski definition) is 0. The Morgan fingerprint density at radius 3 is 1.21 bits per heavy atom. The van der Waals surface area contributed by atoms with Crippen molar-refractivity contribution >= 4 is 10.2 Å². The fourth-order valence-electron chi connectivity index (χ4n) is 2.87. The van der Waals surface area contributed by atoms with Gasteiger partial charge in [-0.05, 0) is 0 Å². The van der Waals surface area contributed by atoms with E-state index < -0.39 is 0 Å². The maximum Gasteiger partial charge on any atom is 0.00672 e. The van der Waals surface area contributed by atoms with Gasteiger partial charge in [0, 0.05) is 10.2 Å². The van der Waals surface area contributed by atoms with E-state index in [1.165, 1.54) is 107 Å². The Balaban J connectivity index is 3.09. The van der Waals surface area contributed by atoms with E-state index in [1.54, 1.807) is 0 Å². The normalized spacial score (nSPS) is 12.9. The van der Waals surface area contributed by atoms with E-state index in [9.17, 15) is 0 Å². The van der Waals surface area contributed by atoms with Crippen LogP contribution in [0.2, 0.25) is 5.54 Å². The third-order valence-corrected chi connectivity index (χ3v) is 5.51.